The first-order valence-corrected chi connectivity index (χ1v) is 18.5. The van der Waals surface area contributed by atoms with Crippen LogP contribution in [0.5, 0.6) is 5.75 Å². The molecule has 0 unspecified atom stereocenters. The van der Waals surface area contributed by atoms with Crippen LogP contribution in [0, 0.1) is 0 Å². The number of hydrogen-bond donors (Lipinski definition) is 1. The molecule has 1 aliphatic heterocycles. The maximum atomic E-state index is 14.4. The molecule has 5 aromatic rings. The lowest BCUT2D eigenvalue weighted by atomic mass is 9.92. The molecule has 224 valence electrons. The lowest BCUT2D eigenvalue weighted by molar-refractivity contribution is 0.0788. The second-order valence-electron chi connectivity index (χ2n) is 12.1. The number of fused-ring (bicyclic) bond motifs is 1. The van der Waals surface area contributed by atoms with Crippen LogP contribution in [-0.2, 0) is 17.9 Å². The number of ether oxygens (including phenoxy) is 2. The van der Waals surface area contributed by atoms with Crippen LogP contribution in [0.3, 0.4) is 0 Å². The lowest BCUT2D eigenvalue weighted by Crippen LogP contribution is -2.26. The summed E-state index contributed by atoms with van der Waals surface area (Å²) in [5.41, 5.74) is 6.58. The number of allylic oxidation sites excluding steroid dienone is 2. The first kappa shape index (κ1) is 29.3. The van der Waals surface area contributed by atoms with E-state index in [1.165, 1.54) is 0 Å². The number of rotatable bonds is 11. The van der Waals surface area contributed by atoms with Crippen molar-refractivity contribution >= 4 is 25.4 Å². The number of hydrogen-bond acceptors (Lipinski definition) is 6. The predicted molar refractivity (Wildman–Crippen MR) is 177 cm³/mol. The molecule has 1 aliphatic rings. The SMILES string of the molecule is COc1ccc(C2=C(Nc3ccn(COCC[Si](C)(C)C)n3)Cc3c(-c4ccccc4)c(-c4ccccc4)nn3C2=O)cc1. The number of anilines is 1. The standard InChI is InChI=1S/C35H37N5O3Si/c1-42-28-17-15-26(16-18-28)32-29(36-31-19-20-39(37-31)24-43-21-22-44(2,3)4)23-30-33(25-11-7-5-8-12-25)34(38-40(30)35(32)41)27-13-9-6-10-14-27/h5-20H,21-24H2,1-4H3,(H,36,37). The van der Waals surface area contributed by atoms with Gasteiger partial charge in [-0.3, -0.25) is 4.79 Å². The Hall–Kier alpha value is -4.73. The molecule has 1 N–H and O–H groups in total. The summed E-state index contributed by atoms with van der Waals surface area (Å²) in [7, 11) is 0.459. The van der Waals surface area contributed by atoms with Crippen molar-refractivity contribution in [1.29, 1.82) is 0 Å². The zero-order valence-electron chi connectivity index (χ0n) is 25.6. The van der Waals surface area contributed by atoms with Crippen LogP contribution >= 0.6 is 0 Å². The lowest BCUT2D eigenvalue weighted by Gasteiger charge is -2.22. The van der Waals surface area contributed by atoms with Crippen LogP contribution in [-0.4, -0.2) is 47.3 Å². The average molecular weight is 604 g/mol. The second kappa shape index (κ2) is 12.5. The molecule has 44 heavy (non-hydrogen) atoms. The molecule has 2 aromatic heterocycles. The third-order valence-corrected chi connectivity index (χ3v) is 9.37. The molecule has 3 heterocycles. The highest BCUT2D eigenvalue weighted by molar-refractivity contribution is 6.76. The Morgan fingerprint density at radius 1 is 0.841 bits per heavy atom. The Balaban J connectivity index is 1.39. The monoisotopic (exact) mass is 603 g/mol. The van der Waals surface area contributed by atoms with Crippen molar-refractivity contribution in [2.75, 3.05) is 19.0 Å². The molecular weight excluding hydrogens is 567 g/mol. The number of benzene rings is 3. The van der Waals surface area contributed by atoms with Gasteiger partial charge in [-0.1, -0.05) is 92.4 Å². The maximum Gasteiger partial charge on any atom is 0.280 e. The van der Waals surface area contributed by atoms with Crippen LogP contribution < -0.4 is 10.1 Å². The van der Waals surface area contributed by atoms with Crippen LogP contribution in [0.25, 0.3) is 28.0 Å². The number of nitrogens with zero attached hydrogens (tertiary/aromatic N) is 4. The van der Waals surface area contributed by atoms with Gasteiger partial charge in [0.25, 0.3) is 5.91 Å². The first-order chi connectivity index (χ1) is 21.3. The van der Waals surface area contributed by atoms with Crippen molar-refractivity contribution in [3.8, 4) is 28.1 Å². The van der Waals surface area contributed by atoms with Gasteiger partial charge in [0.2, 0.25) is 0 Å². The topological polar surface area (TPSA) is 83.2 Å². The van der Waals surface area contributed by atoms with Gasteiger partial charge >= 0.3 is 0 Å². The first-order valence-electron chi connectivity index (χ1n) is 14.8. The molecule has 0 spiro atoms. The maximum absolute atomic E-state index is 14.4. The number of nitrogens with one attached hydrogen (secondary N) is 1. The van der Waals surface area contributed by atoms with Gasteiger partial charge in [0.1, 0.15) is 18.2 Å². The predicted octanol–water partition coefficient (Wildman–Crippen LogP) is 7.45. The normalized spacial score (nSPS) is 13.2. The minimum absolute atomic E-state index is 0.201. The summed E-state index contributed by atoms with van der Waals surface area (Å²) in [5, 5.41) is 13.1. The zero-order valence-corrected chi connectivity index (χ0v) is 26.6. The molecule has 0 saturated heterocycles. The van der Waals surface area contributed by atoms with Crippen molar-refractivity contribution in [3.05, 3.63) is 114 Å². The molecule has 0 amide bonds. The third-order valence-electron chi connectivity index (χ3n) is 7.66. The van der Waals surface area contributed by atoms with Gasteiger partial charge in [-0.25, -0.2) is 4.68 Å². The fourth-order valence-electron chi connectivity index (χ4n) is 5.33. The fourth-order valence-corrected chi connectivity index (χ4v) is 6.09. The van der Waals surface area contributed by atoms with Gasteiger partial charge < -0.3 is 14.8 Å². The van der Waals surface area contributed by atoms with E-state index < -0.39 is 8.07 Å². The molecule has 0 atom stereocenters. The van der Waals surface area contributed by atoms with E-state index in [0.29, 0.717) is 24.5 Å². The molecule has 0 aliphatic carbocycles. The van der Waals surface area contributed by atoms with E-state index in [4.69, 9.17) is 19.7 Å². The number of carbonyl (C=O) groups is 1. The zero-order chi connectivity index (χ0) is 30.7. The Labute approximate surface area is 259 Å². The third kappa shape index (κ3) is 6.29. The van der Waals surface area contributed by atoms with E-state index in [2.05, 4.69) is 37.1 Å². The Kier molecular flexibility index (Phi) is 8.32. The van der Waals surface area contributed by atoms with Gasteiger partial charge in [-0.15, -0.1) is 0 Å². The molecule has 3 aromatic carbocycles. The average Bonchev–Trinajstić information content (AvgIpc) is 3.65. The Morgan fingerprint density at radius 3 is 2.18 bits per heavy atom. The Morgan fingerprint density at radius 2 is 1.52 bits per heavy atom. The highest BCUT2D eigenvalue weighted by atomic mass is 28.3. The van der Waals surface area contributed by atoms with Crippen LogP contribution in [0.15, 0.2) is 103 Å². The van der Waals surface area contributed by atoms with Crippen molar-refractivity contribution in [1.82, 2.24) is 19.6 Å². The largest absolute Gasteiger partial charge is 0.497 e. The van der Waals surface area contributed by atoms with E-state index in [1.54, 1.807) is 16.5 Å². The van der Waals surface area contributed by atoms with E-state index in [1.807, 2.05) is 85.1 Å². The summed E-state index contributed by atoms with van der Waals surface area (Å²) in [6.07, 6.45) is 2.35. The molecule has 0 bridgehead atoms. The molecule has 6 rings (SSSR count). The van der Waals surface area contributed by atoms with Crippen molar-refractivity contribution in [2.24, 2.45) is 0 Å². The smallest absolute Gasteiger partial charge is 0.280 e. The van der Waals surface area contributed by atoms with Crippen molar-refractivity contribution in [3.63, 3.8) is 0 Å². The number of methoxy groups -OCH3 is 1. The van der Waals surface area contributed by atoms with Gasteiger partial charge in [0.05, 0.1) is 18.4 Å². The van der Waals surface area contributed by atoms with E-state index >= 15 is 0 Å². The van der Waals surface area contributed by atoms with E-state index in [-0.39, 0.29) is 5.91 Å². The minimum Gasteiger partial charge on any atom is -0.497 e. The van der Waals surface area contributed by atoms with Gasteiger partial charge in [-0.05, 0) is 29.3 Å². The molecule has 0 saturated carbocycles. The Bertz CT molecular complexity index is 1790. The van der Waals surface area contributed by atoms with Crippen LogP contribution in [0.2, 0.25) is 25.7 Å². The van der Waals surface area contributed by atoms with Crippen molar-refractivity contribution in [2.45, 2.75) is 38.8 Å². The summed E-state index contributed by atoms with van der Waals surface area (Å²) in [6.45, 7) is 8.11. The van der Waals surface area contributed by atoms with Crippen LogP contribution in [0.1, 0.15) is 16.1 Å². The minimum atomic E-state index is -1.17. The number of carbonyl (C=O) groups excluding carboxylic acids is 1. The summed E-state index contributed by atoms with van der Waals surface area (Å²) >= 11 is 0. The molecule has 8 nitrogen and oxygen atoms in total. The molecule has 9 heteroatoms. The molecule has 0 fully saturated rings. The van der Waals surface area contributed by atoms with Gasteiger partial charge in [-0.2, -0.15) is 14.9 Å². The highest BCUT2D eigenvalue weighted by Crippen LogP contribution is 2.40. The van der Waals surface area contributed by atoms with Crippen LogP contribution in [0.4, 0.5) is 5.82 Å². The second-order valence-corrected chi connectivity index (χ2v) is 17.7. The van der Waals surface area contributed by atoms with E-state index in [0.717, 1.165) is 57.7 Å². The fraction of sp³-hybridized carbons (Fsp3) is 0.229. The summed E-state index contributed by atoms with van der Waals surface area (Å²) < 4.78 is 14.6. The molecule has 0 radical (unpaired) electrons. The van der Waals surface area contributed by atoms with E-state index in [9.17, 15) is 4.79 Å². The van der Waals surface area contributed by atoms with Crippen molar-refractivity contribution < 1.29 is 14.3 Å². The quantitative estimate of drug-likeness (QED) is 0.125. The van der Waals surface area contributed by atoms with Gasteiger partial charge in [0, 0.05) is 50.2 Å². The summed E-state index contributed by atoms with van der Waals surface area (Å²) in [5.74, 6) is 1.16. The molecular formula is C35H37N5O3Si. The summed E-state index contributed by atoms with van der Waals surface area (Å²) in [4.78, 5) is 14.4. The number of aromatic nitrogens is 4. The summed E-state index contributed by atoms with van der Waals surface area (Å²) in [6, 6.07) is 30.7. The highest BCUT2D eigenvalue weighted by Gasteiger charge is 2.33. The van der Waals surface area contributed by atoms with Gasteiger partial charge in [0.15, 0.2) is 5.82 Å².